The van der Waals surface area contributed by atoms with Crippen LogP contribution in [0.2, 0.25) is 0 Å². The van der Waals surface area contributed by atoms with Crippen LogP contribution in [0.3, 0.4) is 0 Å². The Hall–Kier alpha value is -2.08. The number of fused-ring (bicyclic) bond motifs is 1. The fourth-order valence-corrected chi connectivity index (χ4v) is 3.23. The second-order valence-electron chi connectivity index (χ2n) is 5.93. The lowest BCUT2D eigenvalue weighted by molar-refractivity contribution is -0.137. The van der Waals surface area contributed by atoms with Gasteiger partial charge in [-0.05, 0) is 24.5 Å². The molecule has 1 fully saturated rings. The summed E-state index contributed by atoms with van der Waals surface area (Å²) in [4.78, 5) is 27.0. The highest BCUT2D eigenvalue weighted by molar-refractivity contribution is 5.92. The second kappa shape index (κ2) is 6.36. The third-order valence-electron chi connectivity index (χ3n) is 4.50. The molecule has 118 valence electrons. The lowest BCUT2D eigenvalue weighted by atomic mass is 10.0. The zero-order valence-electron chi connectivity index (χ0n) is 12.5. The first-order valence-corrected chi connectivity index (χ1v) is 7.73. The van der Waals surface area contributed by atoms with E-state index in [1.54, 1.807) is 0 Å². The molecule has 0 spiro atoms. The molecule has 2 aliphatic heterocycles. The van der Waals surface area contributed by atoms with Crippen LogP contribution < -0.4 is 5.32 Å². The zero-order valence-corrected chi connectivity index (χ0v) is 12.5. The number of carbonyl (C=O) groups is 2. The quantitative estimate of drug-likeness (QED) is 0.892. The van der Waals surface area contributed by atoms with Crippen molar-refractivity contribution in [3.05, 3.63) is 29.8 Å². The van der Waals surface area contributed by atoms with E-state index >= 15 is 0 Å². The summed E-state index contributed by atoms with van der Waals surface area (Å²) in [6.07, 6.45) is 1.98. The van der Waals surface area contributed by atoms with Gasteiger partial charge in [0.15, 0.2) is 0 Å². The van der Waals surface area contributed by atoms with Gasteiger partial charge in [-0.2, -0.15) is 0 Å². The van der Waals surface area contributed by atoms with E-state index in [-0.39, 0.29) is 18.5 Å². The molecule has 0 aromatic heterocycles. The summed E-state index contributed by atoms with van der Waals surface area (Å²) in [6, 6.07) is 8.10. The van der Waals surface area contributed by atoms with Crippen LogP contribution in [0, 0.1) is 0 Å². The summed E-state index contributed by atoms with van der Waals surface area (Å²) in [6.45, 7) is 2.95. The van der Waals surface area contributed by atoms with Crippen LogP contribution in [0.15, 0.2) is 24.3 Å². The Balaban J connectivity index is 1.58. The Kier molecular flexibility index (Phi) is 4.29. The van der Waals surface area contributed by atoms with Crippen LogP contribution in [0.25, 0.3) is 0 Å². The number of likely N-dealkylation sites (tertiary alicyclic amines) is 1. The summed E-state index contributed by atoms with van der Waals surface area (Å²) < 4.78 is 0. The van der Waals surface area contributed by atoms with Crippen molar-refractivity contribution in [2.45, 2.75) is 31.8 Å². The van der Waals surface area contributed by atoms with Crippen LogP contribution in [0.1, 0.15) is 24.8 Å². The fraction of sp³-hybridized carbons (Fsp3) is 0.500. The van der Waals surface area contributed by atoms with Crippen molar-refractivity contribution in [1.29, 1.82) is 0 Å². The van der Waals surface area contributed by atoms with Crippen molar-refractivity contribution in [2.75, 3.05) is 25.0 Å². The smallest absolute Gasteiger partial charge is 0.322 e. The molecule has 2 amide bonds. The number of nitrogens with zero attached hydrogens (tertiary/aromatic N) is 2. The third-order valence-corrected chi connectivity index (χ3v) is 4.50. The van der Waals surface area contributed by atoms with Gasteiger partial charge in [0.2, 0.25) is 0 Å². The molecular formula is C16H21N3O3. The summed E-state index contributed by atoms with van der Waals surface area (Å²) in [5.74, 6) is -0.755. The SMILES string of the molecule is O=C(O)CCN1CCC(N2Cc3ccccc3NC2=O)CC1. The molecular weight excluding hydrogens is 282 g/mol. The topological polar surface area (TPSA) is 72.9 Å². The number of carboxylic acids is 1. The first kappa shape index (κ1) is 14.8. The fourth-order valence-electron chi connectivity index (χ4n) is 3.23. The van der Waals surface area contributed by atoms with E-state index in [1.165, 1.54) is 0 Å². The molecule has 22 heavy (non-hydrogen) atoms. The number of para-hydroxylation sites is 1. The van der Waals surface area contributed by atoms with Gasteiger partial charge in [0.25, 0.3) is 0 Å². The highest BCUT2D eigenvalue weighted by atomic mass is 16.4. The number of rotatable bonds is 4. The predicted molar refractivity (Wildman–Crippen MR) is 82.7 cm³/mol. The van der Waals surface area contributed by atoms with Gasteiger partial charge in [0.1, 0.15) is 0 Å². The Labute approximate surface area is 129 Å². The van der Waals surface area contributed by atoms with E-state index in [2.05, 4.69) is 10.2 Å². The first-order valence-electron chi connectivity index (χ1n) is 7.73. The van der Waals surface area contributed by atoms with Gasteiger partial charge in [0.05, 0.1) is 6.42 Å². The number of nitrogens with one attached hydrogen (secondary N) is 1. The van der Waals surface area contributed by atoms with Crippen molar-refractivity contribution in [3.8, 4) is 0 Å². The molecule has 2 aliphatic rings. The zero-order chi connectivity index (χ0) is 15.5. The second-order valence-corrected chi connectivity index (χ2v) is 5.93. The number of urea groups is 1. The van der Waals surface area contributed by atoms with E-state index in [1.807, 2.05) is 29.2 Å². The standard InChI is InChI=1S/C16H21N3O3/c20-15(21)7-10-18-8-5-13(6-9-18)19-11-12-3-1-2-4-14(12)17-16(19)22/h1-4,13H,5-11H2,(H,17,22)(H,20,21). The van der Waals surface area contributed by atoms with E-state index in [0.29, 0.717) is 13.1 Å². The molecule has 0 unspecified atom stereocenters. The molecule has 1 aromatic rings. The van der Waals surface area contributed by atoms with Crippen LogP contribution in [-0.4, -0.2) is 52.6 Å². The monoisotopic (exact) mass is 303 g/mol. The minimum Gasteiger partial charge on any atom is -0.481 e. The highest BCUT2D eigenvalue weighted by Gasteiger charge is 2.31. The molecule has 0 bridgehead atoms. The van der Waals surface area contributed by atoms with Crippen LogP contribution in [0.4, 0.5) is 10.5 Å². The van der Waals surface area contributed by atoms with E-state index in [4.69, 9.17) is 5.11 Å². The maximum atomic E-state index is 12.3. The summed E-state index contributed by atoms with van der Waals surface area (Å²) in [7, 11) is 0. The number of carbonyl (C=O) groups excluding carboxylic acids is 1. The number of amides is 2. The van der Waals surface area contributed by atoms with E-state index in [9.17, 15) is 9.59 Å². The normalized spacial score (nSPS) is 19.6. The van der Waals surface area contributed by atoms with Gasteiger partial charge in [-0.25, -0.2) is 4.79 Å². The molecule has 0 aliphatic carbocycles. The van der Waals surface area contributed by atoms with Crippen LogP contribution in [0.5, 0.6) is 0 Å². The van der Waals surface area contributed by atoms with Gasteiger partial charge in [0, 0.05) is 37.9 Å². The van der Waals surface area contributed by atoms with Gasteiger partial charge < -0.3 is 20.2 Å². The van der Waals surface area contributed by atoms with Crippen molar-refractivity contribution in [2.24, 2.45) is 0 Å². The third kappa shape index (κ3) is 3.22. The molecule has 0 saturated carbocycles. The average molecular weight is 303 g/mol. The molecule has 1 aromatic carbocycles. The van der Waals surface area contributed by atoms with Crippen LogP contribution in [-0.2, 0) is 11.3 Å². The maximum absolute atomic E-state index is 12.3. The number of anilines is 1. The molecule has 2 heterocycles. The molecule has 0 atom stereocenters. The molecule has 6 nitrogen and oxygen atoms in total. The Bertz CT molecular complexity index is 568. The number of carboxylic acid groups (broad SMARTS) is 1. The molecule has 1 saturated heterocycles. The molecule has 2 N–H and O–H groups in total. The van der Waals surface area contributed by atoms with Crippen molar-refractivity contribution < 1.29 is 14.7 Å². The predicted octanol–water partition coefficient (Wildman–Crippen LogP) is 1.97. The Morgan fingerprint density at radius 1 is 1.27 bits per heavy atom. The lowest BCUT2D eigenvalue weighted by Gasteiger charge is -2.40. The number of piperidine rings is 1. The molecule has 0 radical (unpaired) electrons. The van der Waals surface area contributed by atoms with E-state index in [0.717, 1.165) is 37.2 Å². The number of aliphatic carboxylic acids is 1. The summed E-state index contributed by atoms with van der Waals surface area (Å²) >= 11 is 0. The van der Waals surface area contributed by atoms with Crippen molar-refractivity contribution in [3.63, 3.8) is 0 Å². The minimum atomic E-state index is -0.755. The number of benzene rings is 1. The summed E-state index contributed by atoms with van der Waals surface area (Å²) in [5.41, 5.74) is 2.05. The van der Waals surface area contributed by atoms with Crippen molar-refractivity contribution >= 4 is 17.7 Å². The number of hydrogen-bond donors (Lipinski definition) is 2. The summed E-state index contributed by atoms with van der Waals surface area (Å²) in [5, 5.41) is 11.7. The van der Waals surface area contributed by atoms with Gasteiger partial charge in [-0.1, -0.05) is 18.2 Å². The minimum absolute atomic E-state index is 0.0253. The van der Waals surface area contributed by atoms with Crippen molar-refractivity contribution in [1.82, 2.24) is 9.80 Å². The van der Waals surface area contributed by atoms with Gasteiger partial charge in [-0.15, -0.1) is 0 Å². The number of hydrogen-bond acceptors (Lipinski definition) is 3. The maximum Gasteiger partial charge on any atom is 0.322 e. The Morgan fingerprint density at radius 2 is 2.00 bits per heavy atom. The van der Waals surface area contributed by atoms with Gasteiger partial charge >= 0.3 is 12.0 Å². The largest absolute Gasteiger partial charge is 0.481 e. The lowest BCUT2D eigenvalue weighted by Crippen LogP contribution is -2.50. The Morgan fingerprint density at radius 3 is 2.73 bits per heavy atom. The van der Waals surface area contributed by atoms with Gasteiger partial charge in [-0.3, -0.25) is 4.79 Å². The molecule has 3 rings (SSSR count). The molecule has 6 heteroatoms. The van der Waals surface area contributed by atoms with E-state index < -0.39 is 5.97 Å². The first-order chi connectivity index (χ1) is 10.6. The highest BCUT2D eigenvalue weighted by Crippen LogP contribution is 2.27. The average Bonchev–Trinajstić information content (AvgIpc) is 2.53. The van der Waals surface area contributed by atoms with Crippen LogP contribution >= 0.6 is 0 Å².